The zero-order valence-electron chi connectivity index (χ0n) is 13.2. The van der Waals surface area contributed by atoms with E-state index in [0.717, 1.165) is 53.4 Å². The Morgan fingerprint density at radius 2 is 1.83 bits per heavy atom. The van der Waals surface area contributed by atoms with E-state index in [4.69, 9.17) is 0 Å². The number of aryl methyl sites for hydroxylation is 2. The first-order valence-corrected chi connectivity index (χ1v) is 7.99. The van der Waals surface area contributed by atoms with Gasteiger partial charge in [0.1, 0.15) is 0 Å². The highest BCUT2D eigenvalue weighted by Gasteiger charge is 2.33. The summed E-state index contributed by atoms with van der Waals surface area (Å²) in [7, 11) is 0. The summed E-state index contributed by atoms with van der Waals surface area (Å²) in [6.45, 7) is 2.46. The number of nitrogens with zero attached hydrogens (tertiary/aromatic N) is 1. The number of carbonyl (C=O) groups excluding carboxylic acids is 1. The fourth-order valence-corrected chi connectivity index (χ4v) is 3.80. The average Bonchev–Trinajstić information content (AvgIpc) is 2.84. The van der Waals surface area contributed by atoms with Crippen molar-refractivity contribution in [2.45, 2.75) is 32.4 Å². The molecule has 24 heavy (non-hydrogen) atoms. The van der Waals surface area contributed by atoms with Crippen molar-refractivity contribution in [3.8, 4) is 11.1 Å². The second kappa shape index (κ2) is 5.10. The number of hydrogen-bond acceptors (Lipinski definition) is 1. The molecule has 124 valence electrons. The monoisotopic (exact) mass is 331 g/mol. The SMILES string of the molecule is Cc1cc(C(F)(F)F)ccc1-c1cc2c3c(c1)CC(=O)N3CCC2. The Morgan fingerprint density at radius 1 is 1.08 bits per heavy atom. The van der Waals surface area contributed by atoms with Gasteiger partial charge in [-0.25, -0.2) is 0 Å². The largest absolute Gasteiger partial charge is 0.416 e. The molecule has 4 rings (SSSR count). The van der Waals surface area contributed by atoms with Crippen molar-refractivity contribution in [2.75, 3.05) is 11.4 Å². The van der Waals surface area contributed by atoms with Crippen molar-refractivity contribution in [1.29, 1.82) is 0 Å². The molecule has 2 nitrogen and oxygen atoms in total. The Hall–Kier alpha value is -2.30. The number of halogens is 3. The first-order chi connectivity index (χ1) is 11.3. The van der Waals surface area contributed by atoms with Crippen molar-refractivity contribution < 1.29 is 18.0 Å². The van der Waals surface area contributed by atoms with Crippen LogP contribution in [0.25, 0.3) is 11.1 Å². The smallest absolute Gasteiger partial charge is 0.312 e. The second-order valence-electron chi connectivity index (χ2n) is 6.50. The van der Waals surface area contributed by atoms with Crippen LogP contribution in [0.4, 0.5) is 18.9 Å². The molecule has 0 saturated heterocycles. The molecule has 0 atom stereocenters. The van der Waals surface area contributed by atoms with E-state index >= 15 is 0 Å². The zero-order chi connectivity index (χ0) is 17.1. The lowest BCUT2D eigenvalue weighted by Crippen LogP contribution is -2.31. The van der Waals surface area contributed by atoms with Crippen LogP contribution in [0.15, 0.2) is 30.3 Å². The first-order valence-electron chi connectivity index (χ1n) is 7.99. The summed E-state index contributed by atoms with van der Waals surface area (Å²) in [5, 5.41) is 0. The van der Waals surface area contributed by atoms with Gasteiger partial charge in [-0.1, -0.05) is 6.07 Å². The van der Waals surface area contributed by atoms with Gasteiger partial charge in [0, 0.05) is 6.54 Å². The van der Waals surface area contributed by atoms with Gasteiger partial charge in [0.2, 0.25) is 5.91 Å². The van der Waals surface area contributed by atoms with Gasteiger partial charge < -0.3 is 4.90 Å². The third-order valence-corrected chi connectivity index (χ3v) is 4.87. The summed E-state index contributed by atoms with van der Waals surface area (Å²) in [6, 6.07) is 7.82. The van der Waals surface area contributed by atoms with Crippen molar-refractivity contribution in [3.63, 3.8) is 0 Å². The molecule has 0 N–H and O–H groups in total. The number of alkyl halides is 3. The summed E-state index contributed by atoms with van der Waals surface area (Å²) in [6.07, 6.45) is -2.12. The Kier molecular flexibility index (Phi) is 3.24. The molecule has 0 unspecified atom stereocenters. The number of rotatable bonds is 1. The van der Waals surface area contributed by atoms with Gasteiger partial charge in [-0.3, -0.25) is 4.79 Å². The number of carbonyl (C=O) groups is 1. The minimum atomic E-state index is -4.33. The molecule has 0 radical (unpaired) electrons. The number of benzene rings is 2. The average molecular weight is 331 g/mol. The quantitative estimate of drug-likeness (QED) is 0.752. The zero-order valence-corrected chi connectivity index (χ0v) is 13.2. The van der Waals surface area contributed by atoms with Crippen LogP contribution in [0.2, 0.25) is 0 Å². The third-order valence-electron chi connectivity index (χ3n) is 4.87. The maximum Gasteiger partial charge on any atom is 0.416 e. The van der Waals surface area contributed by atoms with Gasteiger partial charge in [0.05, 0.1) is 17.7 Å². The van der Waals surface area contributed by atoms with Crippen LogP contribution in [-0.2, 0) is 23.8 Å². The summed E-state index contributed by atoms with van der Waals surface area (Å²) in [4.78, 5) is 14.0. The van der Waals surface area contributed by atoms with Crippen LogP contribution in [-0.4, -0.2) is 12.5 Å². The minimum Gasteiger partial charge on any atom is -0.312 e. The molecule has 2 aliphatic rings. The summed E-state index contributed by atoms with van der Waals surface area (Å²) < 4.78 is 38.6. The van der Waals surface area contributed by atoms with E-state index in [1.54, 1.807) is 6.92 Å². The predicted octanol–water partition coefficient (Wildman–Crippen LogP) is 4.52. The van der Waals surface area contributed by atoms with E-state index in [9.17, 15) is 18.0 Å². The summed E-state index contributed by atoms with van der Waals surface area (Å²) in [5.41, 5.74) is 4.79. The van der Waals surface area contributed by atoms with Gasteiger partial charge in [-0.2, -0.15) is 13.2 Å². The van der Waals surface area contributed by atoms with E-state index in [1.165, 1.54) is 12.1 Å². The van der Waals surface area contributed by atoms with E-state index in [0.29, 0.717) is 12.0 Å². The van der Waals surface area contributed by atoms with Crippen molar-refractivity contribution in [2.24, 2.45) is 0 Å². The van der Waals surface area contributed by atoms with Crippen LogP contribution in [0.5, 0.6) is 0 Å². The fraction of sp³-hybridized carbons (Fsp3) is 0.316. The Balaban J connectivity index is 1.82. The Labute approximate surface area is 137 Å². The van der Waals surface area contributed by atoms with Gasteiger partial charge in [-0.15, -0.1) is 0 Å². The first kappa shape index (κ1) is 15.2. The van der Waals surface area contributed by atoms with E-state index in [-0.39, 0.29) is 5.91 Å². The highest BCUT2D eigenvalue weighted by molar-refractivity contribution is 6.03. The molecule has 2 heterocycles. The lowest BCUT2D eigenvalue weighted by molar-refractivity contribution is -0.137. The lowest BCUT2D eigenvalue weighted by Gasteiger charge is -2.26. The van der Waals surface area contributed by atoms with Crippen molar-refractivity contribution >= 4 is 11.6 Å². The minimum absolute atomic E-state index is 0.118. The van der Waals surface area contributed by atoms with Gasteiger partial charge in [-0.05, 0) is 71.8 Å². The number of hydrogen-bond donors (Lipinski definition) is 0. The van der Waals surface area contributed by atoms with Crippen molar-refractivity contribution in [3.05, 3.63) is 52.6 Å². The highest BCUT2D eigenvalue weighted by Crippen LogP contribution is 2.41. The highest BCUT2D eigenvalue weighted by atomic mass is 19.4. The molecule has 0 bridgehead atoms. The molecular formula is C19H16F3NO. The normalized spacial score (nSPS) is 16.5. The molecule has 2 aliphatic heterocycles. The molecular weight excluding hydrogens is 315 g/mol. The number of amides is 1. The Morgan fingerprint density at radius 3 is 2.54 bits per heavy atom. The predicted molar refractivity (Wildman–Crippen MR) is 86.0 cm³/mol. The molecule has 1 amide bonds. The van der Waals surface area contributed by atoms with Crippen LogP contribution in [0.1, 0.15) is 28.7 Å². The standard InChI is InChI=1S/C19H16F3NO/c1-11-7-15(19(20,21)22)4-5-16(11)13-8-12-3-2-6-23-17(24)10-14(9-13)18(12)23/h4-5,7-9H,2-3,6,10H2,1H3. The fourth-order valence-electron chi connectivity index (χ4n) is 3.80. The molecule has 0 aliphatic carbocycles. The topological polar surface area (TPSA) is 20.3 Å². The maximum atomic E-state index is 12.9. The molecule has 0 aromatic heterocycles. The van der Waals surface area contributed by atoms with Crippen LogP contribution in [0, 0.1) is 6.92 Å². The van der Waals surface area contributed by atoms with Gasteiger partial charge in [0.25, 0.3) is 0 Å². The second-order valence-corrected chi connectivity index (χ2v) is 6.50. The summed E-state index contributed by atoms with van der Waals surface area (Å²) >= 11 is 0. The molecule has 0 saturated carbocycles. The maximum absolute atomic E-state index is 12.9. The molecule has 5 heteroatoms. The van der Waals surface area contributed by atoms with Gasteiger partial charge >= 0.3 is 6.18 Å². The molecule has 2 aromatic carbocycles. The van der Waals surface area contributed by atoms with Gasteiger partial charge in [0.15, 0.2) is 0 Å². The molecule has 2 aromatic rings. The van der Waals surface area contributed by atoms with Crippen molar-refractivity contribution in [1.82, 2.24) is 0 Å². The third kappa shape index (κ3) is 2.30. The van der Waals surface area contributed by atoms with Crippen LogP contribution in [0.3, 0.4) is 0 Å². The van der Waals surface area contributed by atoms with Crippen LogP contribution < -0.4 is 4.90 Å². The Bertz CT molecular complexity index is 854. The number of anilines is 1. The summed E-state index contributed by atoms with van der Waals surface area (Å²) in [5.74, 6) is 0.118. The lowest BCUT2D eigenvalue weighted by atomic mass is 9.91. The van der Waals surface area contributed by atoms with E-state index in [1.807, 2.05) is 17.0 Å². The van der Waals surface area contributed by atoms with E-state index < -0.39 is 11.7 Å². The van der Waals surface area contributed by atoms with Crippen LogP contribution >= 0.6 is 0 Å². The molecule has 0 fully saturated rings. The molecule has 0 spiro atoms. The van der Waals surface area contributed by atoms with E-state index in [2.05, 4.69) is 0 Å².